The van der Waals surface area contributed by atoms with Crippen LogP contribution in [0.3, 0.4) is 0 Å². The third-order valence-corrected chi connectivity index (χ3v) is 7.59. The predicted molar refractivity (Wildman–Crippen MR) is 126 cm³/mol. The van der Waals surface area contributed by atoms with E-state index >= 15 is 0 Å². The van der Waals surface area contributed by atoms with Crippen LogP contribution in [0.25, 0.3) is 10.9 Å². The number of nitrogens with two attached hydrogens (primary N) is 1. The number of hydrogen-bond acceptors (Lipinski definition) is 6. The van der Waals surface area contributed by atoms with E-state index in [2.05, 4.69) is 20.6 Å². The van der Waals surface area contributed by atoms with Gasteiger partial charge in [0.05, 0.1) is 21.9 Å². The smallest absolute Gasteiger partial charge is 0.244 e. The van der Waals surface area contributed by atoms with Crippen LogP contribution in [-0.2, 0) is 16.0 Å². The second kappa shape index (κ2) is 8.92. The van der Waals surface area contributed by atoms with Gasteiger partial charge in [-0.2, -0.15) is 0 Å². The van der Waals surface area contributed by atoms with Crippen LogP contribution in [0.1, 0.15) is 31.4 Å². The average Bonchev–Trinajstić information content (AvgIpc) is 2.81. The number of carbonyl (C=O) groups excluding carboxylic acids is 2. The minimum absolute atomic E-state index is 0.0244. The summed E-state index contributed by atoms with van der Waals surface area (Å²) in [6, 6.07) is 7.24. The molecule has 3 aromatic rings. The van der Waals surface area contributed by atoms with E-state index in [4.69, 9.17) is 5.73 Å². The molecule has 0 spiro atoms. The molecule has 2 atom stereocenters. The highest BCUT2D eigenvalue weighted by Crippen LogP contribution is 2.37. The number of halogens is 2. The minimum Gasteiger partial charge on any atom is -0.324 e. The molecule has 0 radical (unpaired) electrons. The Morgan fingerprint density at radius 3 is 2.97 bits per heavy atom. The Morgan fingerprint density at radius 2 is 2.12 bits per heavy atom. The maximum absolute atomic E-state index is 14.2. The summed E-state index contributed by atoms with van der Waals surface area (Å²) in [5.41, 5.74) is 6.52. The van der Waals surface area contributed by atoms with Crippen molar-refractivity contribution >= 4 is 46.0 Å². The zero-order valence-corrected chi connectivity index (χ0v) is 19.1. The van der Waals surface area contributed by atoms with Crippen LogP contribution < -0.4 is 16.4 Å². The molecule has 1 fully saturated rings. The van der Waals surface area contributed by atoms with Crippen molar-refractivity contribution in [2.24, 2.45) is 11.7 Å². The Balaban J connectivity index is 1.41. The van der Waals surface area contributed by atoms with Crippen LogP contribution in [0.4, 0.5) is 20.3 Å². The molecular weight excluding hydrogens is 460 g/mol. The number of aromatic nitrogens is 2. The fourth-order valence-electron chi connectivity index (χ4n) is 4.75. The van der Waals surface area contributed by atoms with Crippen LogP contribution in [0, 0.1) is 17.6 Å². The predicted octanol–water partition coefficient (Wildman–Crippen LogP) is 4.02. The molecule has 0 bridgehead atoms. The molecule has 10 heteroatoms. The first kappa shape index (κ1) is 22.7. The molecule has 2 aliphatic rings. The van der Waals surface area contributed by atoms with Gasteiger partial charge >= 0.3 is 0 Å². The van der Waals surface area contributed by atoms with Gasteiger partial charge in [-0.25, -0.2) is 13.8 Å². The van der Waals surface area contributed by atoms with Crippen LogP contribution in [-0.4, -0.2) is 33.1 Å². The molecule has 1 aliphatic carbocycles. The van der Waals surface area contributed by atoms with Gasteiger partial charge in [0.15, 0.2) is 5.82 Å². The van der Waals surface area contributed by atoms with E-state index in [1.54, 1.807) is 0 Å². The lowest BCUT2D eigenvalue weighted by Crippen LogP contribution is -2.58. The van der Waals surface area contributed by atoms with Crippen LogP contribution in [0.15, 0.2) is 41.4 Å². The highest BCUT2D eigenvalue weighted by Gasteiger charge is 2.44. The molecule has 1 aromatic carbocycles. The molecule has 2 amide bonds. The van der Waals surface area contributed by atoms with E-state index in [-0.39, 0.29) is 28.4 Å². The number of rotatable bonds is 4. The fraction of sp³-hybridized carbons (Fsp3) is 0.333. The number of amides is 2. The number of benzene rings is 1. The van der Waals surface area contributed by atoms with E-state index in [9.17, 15) is 18.4 Å². The molecule has 1 unspecified atom stereocenters. The minimum atomic E-state index is -1.19. The van der Waals surface area contributed by atoms with Gasteiger partial charge in [0.1, 0.15) is 17.2 Å². The number of carbonyl (C=O) groups is 2. The second-order valence-electron chi connectivity index (χ2n) is 8.77. The van der Waals surface area contributed by atoms with Crippen molar-refractivity contribution in [1.29, 1.82) is 0 Å². The lowest BCUT2D eigenvalue weighted by molar-refractivity contribution is -0.124. The highest BCUT2D eigenvalue weighted by atomic mass is 32.2. The van der Waals surface area contributed by atoms with Crippen molar-refractivity contribution in [2.45, 2.75) is 42.5 Å². The van der Waals surface area contributed by atoms with Gasteiger partial charge in [-0.1, -0.05) is 12.8 Å². The fourth-order valence-corrected chi connectivity index (χ4v) is 5.51. The van der Waals surface area contributed by atoms with Crippen LogP contribution >= 0.6 is 11.8 Å². The number of nitrogens with zero attached hydrogens (tertiary/aromatic N) is 2. The molecule has 176 valence electrons. The lowest BCUT2D eigenvalue weighted by Gasteiger charge is -2.40. The highest BCUT2D eigenvalue weighted by molar-refractivity contribution is 8.00. The monoisotopic (exact) mass is 483 g/mol. The second-order valence-corrected chi connectivity index (χ2v) is 9.79. The van der Waals surface area contributed by atoms with Crippen molar-refractivity contribution in [3.63, 3.8) is 0 Å². The molecule has 7 nitrogen and oxygen atoms in total. The number of anilines is 2. The summed E-state index contributed by atoms with van der Waals surface area (Å²) < 4.78 is 28.0. The number of thioether (sulfide) groups is 1. The zero-order chi connectivity index (χ0) is 23.9. The van der Waals surface area contributed by atoms with Gasteiger partial charge in [-0.05, 0) is 49.4 Å². The third-order valence-electron chi connectivity index (χ3n) is 6.54. The Morgan fingerprint density at radius 1 is 1.26 bits per heavy atom. The normalized spacial score (nSPS) is 22.2. The zero-order valence-electron chi connectivity index (χ0n) is 18.2. The van der Waals surface area contributed by atoms with E-state index in [1.165, 1.54) is 24.0 Å². The number of fused-ring (bicyclic) bond motifs is 2. The molecule has 4 N–H and O–H groups in total. The summed E-state index contributed by atoms with van der Waals surface area (Å²) >= 11 is 1.44. The molecule has 0 saturated heterocycles. The SMILES string of the molecule is N[C@]1(C(=O)Nc2ccnc3c(F)cc(F)cc23)CCCCC1Cc1ccc2c(n1)NC(=O)CS2. The quantitative estimate of drug-likeness (QED) is 0.517. The van der Waals surface area contributed by atoms with Crippen molar-refractivity contribution < 1.29 is 18.4 Å². The summed E-state index contributed by atoms with van der Waals surface area (Å²) in [7, 11) is 0. The average molecular weight is 484 g/mol. The largest absolute Gasteiger partial charge is 0.324 e. The molecule has 5 rings (SSSR count). The standard InChI is InChI=1S/C24H23F2N5O2S/c25-14-10-16-18(6-8-28-21(16)17(26)11-14)30-23(33)24(27)7-2-1-3-13(24)9-15-4-5-19-22(29-15)31-20(32)12-34-19/h4-6,8,10-11,13H,1-3,7,9,12,27H2,(H,28,30,33)(H,29,31,32)/t13?,24-/m1/s1. The van der Waals surface area contributed by atoms with Gasteiger partial charge in [0, 0.05) is 23.3 Å². The van der Waals surface area contributed by atoms with E-state index < -0.39 is 23.1 Å². The maximum atomic E-state index is 14.2. The first-order chi connectivity index (χ1) is 16.3. The Labute approximate surface area is 198 Å². The van der Waals surface area contributed by atoms with Crippen LogP contribution in [0.2, 0.25) is 0 Å². The number of nitrogens with one attached hydrogen (secondary N) is 2. The van der Waals surface area contributed by atoms with Gasteiger partial charge in [-0.15, -0.1) is 11.8 Å². The number of hydrogen-bond donors (Lipinski definition) is 3. The summed E-state index contributed by atoms with van der Waals surface area (Å²) in [6.07, 6.45) is 4.78. The van der Waals surface area contributed by atoms with E-state index in [0.29, 0.717) is 24.4 Å². The first-order valence-electron chi connectivity index (χ1n) is 11.1. The summed E-state index contributed by atoms with van der Waals surface area (Å²) in [5.74, 6) is -1.35. The third kappa shape index (κ3) is 4.23. The van der Waals surface area contributed by atoms with E-state index in [1.807, 2.05) is 12.1 Å². The van der Waals surface area contributed by atoms with Crippen molar-refractivity contribution in [3.8, 4) is 0 Å². The molecule has 1 aliphatic heterocycles. The van der Waals surface area contributed by atoms with Crippen LogP contribution in [0.5, 0.6) is 0 Å². The van der Waals surface area contributed by atoms with Gasteiger partial charge in [0.2, 0.25) is 11.8 Å². The number of pyridine rings is 2. The van der Waals surface area contributed by atoms with Crippen molar-refractivity contribution in [1.82, 2.24) is 9.97 Å². The van der Waals surface area contributed by atoms with Gasteiger partial charge < -0.3 is 16.4 Å². The first-order valence-corrected chi connectivity index (χ1v) is 12.1. The summed E-state index contributed by atoms with van der Waals surface area (Å²) in [4.78, 5) is 34.7. The molecule has 1 saturated carbocycles. The molecule has 2 aromatic heterocycles. The Bertz CT molecular complexity index is 1300. The molecular formula is C24H23F2N5O2S. The topological polar surface area (TPSA) is 110 Å². The van der Waals surface area contributed by atoms with Crippen molar-refractivity contribution in [2.75, 3.05) is 16.4 Å². The maximum Gasteiger partial charge on any atom is 0.244 e. The summed E-state index contributed by atoms with van der Waals surface area (Å²) in [6.45, 7) is 0. The van der Waals surface area contributed by atoms with Gasteiger partial charge in [0.25, 0.3) is 0 Å². The van der Waals surface area contributed by atoms with Crippen molar-refractivity contribution in [3.05, 3.63) is 53.9 Å². The van der Waals surface area contributed by atoms with E-state index in [0.717, 1.165) is 42.0 Å². The summed E-state index contributed by atoms with van der Waals surface area (Å²) in [5, 5.41) is 5.77. The molecule has 3 heterocycles. The Kier molecular flexibility index (Phi) is 5.95. The lowest BCUT2D eigenvalue weighted by atomic mass is 9.70. The molecule has 34 heavy (non-hydrogen) atoms. The Hall–Kier alpha value is -3.11. The van der Waals surface area contributed by atoms with Gasteiger partial charge in [-0.3, -0.25) is 14.6 Å².